The fraction of sp³-hybridized carbons (Fsp3) is 0.333. The molecule has 8 heteroatoms. The molecule has 0 aliphatic heterocycles. The lowest BCUT2D eigenvalue weighted by Crippen LogP contribution is -1.98. The molecule has 0 radical (unpaired) electrons. The van der Waals surface area contributed by atoms with Crippen LogP contribution in [-0.4, -0.2) is 52.3 Å². The molecule has 112 valence electrons. The number of rotatable bonds is 4. The number of esters is 4. The highest BCUT2D eigenvalue weighted by molar-refractivity contribution is 5.92. The zero-order valence-corrected chi connectivity index (χ0v) is 11.6. The summed E-state index contributed by atoms with van der Waals surface area (Å²) >= 11 is 0. The number of ether oxygens (including phenoxy) is 4. The molecule has 0 aliphatic carbocycles. The van der Waals surface area contributed by atoms with Gasteiger partial charge in [-0.1, -0.05) is 0 Å². The predicted molar refractivity (Wildman–Crippen MR) is 66.3 cm³/mol. The second-order valence-corrected chi connectivity index (χ2v) is 2.76. The lowest BCUT2D eigenvalue weighted by atomic mass is 10.5. The van der Waals surface area contributed by atoms with Gasteiger partial charge in [-0.3, -0.25) is 0 Å². The first-order valence-electron chi connectivity index (χ1n) is 5.09. The Morgan fingerprint density at radius 2 is 0.650 bits per heavy atom. The van der Waals surface area contributed by atoms with Crippen molar-refractivity contribution in [1.82, 2.24) is 0 Å². The van der Waals surface area contributed by atoms with Gasteiger partial charge in [0.2, 0.25) is 0 Å². The quantitative estimate of drug-likeness (QED) is 0.397. The van der Waals surface area contributed by atoms with Gasteiger partial charge in [0.25, 0.3) is 0 Å². The van der Waals surface area contributed by atoms with Crippen molar-refractivity contribution in [2.24, 2.45) is 0 Å². The third kappa shape index (κ3) is 13.4. The molecule has 0 atom stereocenters. The van der Waals surface area contributed by atoms with Crippen LogP contribution in [0.15, 0.2) is 24.3 Å². The van der Waals surface area contributed by atoms with Gasteiger partial charge in [0.1, 0.15) is 0 Å². The number of hydrogen-bond acceptors (Lipinski definition) is 8. The molecule has 8 nitrogen and oxygen atoms in total. The average molecular weight is 288 g/mol. The van der Waals surface area contributed by atoms with E-state index in [4.69, 9.17) is 0 Å². The summed E-state index contributed by atoms with van der Waals surface area (Å²) in [7, 11) is 4.90. The van der Waals surface area contributed by atoms with Crippen LogP contribution in [-0.2, 0) is 38.1 Å². The molecule has 0 amide bonds. The van der Waals surface area contributed by atoms with E-state index in [1.54, 1.807) is 0 Å². The Bertz CT molecular complexity index is 320. The van der Waals surface area contributed by atoms with Gasteiger partial charge in [0.15, 0.2) is 0 Å². The molecule has 0 spiro atoms. The molecule has 0 aliphatic rings. The molecule has 0 aromatic carbocycles. The highest BCUT2D eigenvalue weighted by Crippen LogP contribution is 1.81. The Labute approximate surface area is 115 Å². The summed E-state index contributed by atoms with van der Waals surface area (Å²) in [6, 6.07) is 0. The number of hydrogen-bond donors (Lipinski definition) is 0. The average Bonchev–Trinajstić information content (AvgIpc) is 2.49. The second kappa shape index (κ2) is 12.8. The molecule has 0 saturated carbocycles. The van der Waals surface area contributed by atoms with Crippen LogP contribution in [0.2, 0.25) is 0 Å². The van der Waals surface area contributed by atoms with E-state index in [0.717, 1.165) is 24.3 Å². The number of carbonyl (C=O) groups excluding carboxylic acids is 4. The molecule has 0 bridgehead atoms. The Hall–Kier alpha value is -2.64. The van der Waals surface area contributed by atoms with E-state index in [0.29, 0.717) is 0 Å². The molecule has 0 unspecified atom stereocenters. The van der Waals surface area contributed by atoms with Crippen LogP contribution >= 0.6 is 0 Å². The van der Waals surface area contributed by atoms with Gasteiger partial charge in [-0.05, 0) is 0 Å². The van der Waals surface area contributed by atoms with Gasteiger partial charge in [-0.15, -0.1) is 0 Å². The van der Waals surface area contributed by atoms with Crippen LogP contribution < -0.4 is 0 Å². The molecule has 0 rings (SSSR count). The standard InChI is InChI=1S/2C6H8O4/c2*1-9-5(7)3-4-6(8)10-2/h2*3-4H,1-2H3/b2*4-3-. The highest BCUT2D eigenvalue weighted by atomic mass is 16.5. The van der Waals surface area contributed by atoms with Gasteiger partial charge in [-0.25, -0.2) is 19.2 Å². The summed E-state index contributed by atoms with van der Waals surface area (Å²) < 4.78 is 16.8. The summed E-state index contributed by atoms with van der Waals surface area (Å²) in [4.78, 5) is 41.3. The molecule has 0 heterocycles. The maximum absolute atomic E-state index is 10.3. The summed E-state index contributed by atoms with van der Waals surface area (Å²) in [5.41, 5.74) is 0. The van der Waals surface area contributed by atoms with E-state index in [2.05, 4.69) is 18.9 Å². The Morgan fingerprint density at radius 3 is 0.750 bits per heavy atom. The van der Waals surface area contributed by atoms with Crippen molar-refractivity contribution in [2.45, 2.75) is 0 Å². The Kier molecular flexibility index (Phi) is 12.6. The SMILES string of the molecule is COC(=O)/C=C\C(=O)OC.COC(=O)/C=C\C(=O)OC. The van der Waals surface area contributed by atoms with Crippen LogP contribution in [0.25, 0.3) is 0 Å². The van der Waals surface area contributed by atoms with E-state index in [1.807, 2.05) is 0 Å². The fourth-order valence-electron chi connectivity index (χ4n) is 0.544. The molecule has 0 aromatic heterocycles. The van der Waals surface area contributed by atoms with E-state index >= 15 is 0 Å². The minimum atomic E-state index is -0.578. The van der Waals surface area contributed by atoms with Crippen molar-refractivity contribution < 1.29 is 38.1 Å². The van der Waals surface area contributed by atoms with Crippen molar-refractivity contribution in [1.29, 1.82) is 0 Å². The van der Waals surface area contributed by atoms with Crippen LogP contribution in [0.4, 0.5) is 0 Å². The van der Waals surface area contributed by atoms with Crippen molar-refractivity contribution >= 4 is 23.9 Å². The first kappa shape index (κ1) is 19.7. The lowest BCUT2D eigenvalue weighted by molar-refractivity contribution is -0.137. The first-order valence-corrected chi connectivity index (χ1v) is 5.09. The monoisotopic (exact) mass is 288 g/mol. The molecule has 20 heavy (non-hydrogen) atoms. The van der Waals surface area contributed by atoms with Crippen LogP contribution in [0, 0.1) is 0 Å². The van der Waals surface area contributed by atoms with E-state index in [9.17, 15) is 19.2 Å². The maximum atomic E-state index is 10.3. The molecular formula is C12H16O8. The van der Waals surface area contributed by atoms with E-state index in [-0.39, 0.29) is 0 Å². The van der Waals surface area contributed by atoms with E-state index in [1.165, 1.54) is 28.4 Å². The maximum Gasteiger partial charge on any atom is 0.330 e. The molecule has 0 N–H and O–H groups in total. The van der Waals surface area contributed by atoms with Crippen LogP contribution in [0.1, 0.15) is 0 Å². The van der Waals surface area contributed by atoms with Crippen molar-refractivity contribution in [3.63, 3.8) is 0 Å². The Balaban J connectivity index is 0. The molecule has 0 fully saturated rings. The minimum Gasteiger partial charge on any atom is -0.466 e. The number of methoxy groups -OCH3 is 4. The topological polar surface area (TPSA) is 105 Å². The summed E-state index contributed by atoms with van der Waals surface area (Å²) in [6.45, 7) is 0. The summed E-state index contributed by atoms with van der Waals surface area (Å²) in [5, 5.41) is 0. The van der Waals surface area contributed by atoms with Gasteiger partial charge in [0.05, 0.1) is 28.4 Å². The Morgan fingerprint density at radius 1 is 0.500 bits per heavy atom. The van der Waals surface area contributed by atoms with Crippen molar-refractivity contribution in [3.05, 3.63) is 24.3 Å². The zero-order valence-electron chi connectivity index (χ0n) is 11.6. The third-order valence-corrected chi connectivity index (χ3v) is 1.52. The van der Waals surface area contributed by atoms with Gasteiger partial charge in [0, 0.05) is 24.3 Å². The van der Waals surface area contributed by atoms with Gasteiger partial charge in [-0.2, -0.15) is 0 Å². The zero-order chi connectivity index (χ0) is 16.0. The summed E-state index contributed by atoms with van der Waals surface area (Å²) in [5.74, 6) is -2.31. The fourth-order valence-corrected chi connectivity index (χ4v) is 0.544. The minimum absolute atomic E-state index is 0.578. The molecule has 0 aromatic rings. The largest absolute Gasteiger partial charge is 0.466 e. The predicted octanol–water partition coefficient (Wildman–Crippen LogP) is -0.223. The molecule has 0 saturated heterocycles. The van der Waals surface area contributed by atoms with Crippen molar-refractivity contribution in [2.75, 3.05) is 28.4 Å². The second-order valence-electron chi connectivity index (χ2n) is 2.76. The van der Waals surface area contributed by atoms with Gasteiger partial charge >= 0.3 is 23.9 Å². The third-order valence-electron chi connectivity index (χ3n) is 1.52. The van der Waals surface area contributed by atoms with Crippen LogP contribution in [0.3, 0.4) is 0 Å². The highest BCUT2D eigenvalue weighted by Gasteiger charge is 1.95. The van der Waals surface area contributed by atoms with E-state index < -0.39 is 23.9 Å². The lowest BCUT2D eigenvalue weighted by Gasteiger charge is -1.89. The smallest absolute Gasteiger partial charge is 0.330 e. The normalized spacial score (nSPS) is 9.40. The van der Waals surface area contributed by atoms with Gasteiger partial charge < -0.3 is 18.9 Å². The van der Waals surface area contributed by atoms with Crippen LogP contribution in [0.5, 0.6) is 0 Å². The summed E-state index contributed by atoms with van der Waals surface area (Å²) in [6.07, 6.45) is 3.97. The number of carbonyl (C=O) groups is 4. The first-order chi connectivity index (χ1) is 9.40. The molecular weight excluding hydrogens is 272 g/mol. The van der Waals surface area contributed by atoms with Crippen molar-refractivity contribution in [3.8, 4) is 0 Å².